The lowest BCUT2D eigenvalue weighted by molar-refractivity contribution is -0.141. The summed E-state index contributed by atoms with van der Waals surface area (Å²) in [5.41, 5.74) is 0.868. The van der Waals surface area contributed by atoms with E-state index < -0.39 is 39.2 Å². The van der Waals surface area contributed by atoms with Gasteiger partial charge in [-0.05, 0) is 53.6 Å². The highest BCUT2D eigenvalue weighted by molar-refractivity contribution is 7.91. The molecule has 0 saturated heterocycles. The van der Waals surface area contributed by atoms with E-state index >= 15 is 0 Å². The number of carbonyl (C=O) groups is 2. The maximum absolute atomic E-state index is 13.6. The predicted molar refractivity (Wildman–Crippen MR) is 153 cm³/mol. The van der Waals surface area contributed by atoms with Crippen LogP contribution in [0.1, 0.15) is 78.0 Å². The molecule has 0 spiro atoms. The Labute approximate surface area is 248 Å². The summed E-state index contributed by atoms with van der Waals surface area (Å²) in [4.78, 5) is 33.9. The minimum atomic E-state index is -4.96. The molecule has 2 N–H and O–H groups in total. The Morgan fingerprint density at radius 3 is 2.37 bits per heavy atom. The number of hydrogen-bond donors (Lipinski definition) is 2. The van der Waals surface area contributed by atoms with E-state index in [1.54, 1.807) is 30.9 Å². The number of nitrogens with one attached hydrogen (secondary N) is 1. The van der Waals surface area contributed by atoms with E-state index in [9.17, 15) is 36.3 Å². The second-order valence-electron chi connectivity index (χ2n) is 10.8. The van der Waals surface area contributed by atoms with Gasteiger partial charge in [-0.2, -0.15) is 13.2 Å². The lowest BCUT2D eigenvalue weighted by Gasteiger charge is -2.40. The first-order chi connectivity index (χ1) is 20.1. The number of alkyl halides is 3. The first-order valence-electron chi connectivity index (χ1n) is 13.8. The number of carbonyl (C=O) groups excluding carboxylic acids is 1. The van der Waals surface area contributed by atoms with Gasteiger partial charge >= 0.3 is 12.1 Å². The van der Waals surface area contributed by atoms with Crippen LogP contribution in [0.3, 0.4) is 0 Å². The van der Waals surface area contributed by atoms with Crippen LogP contribution in [0.2, 0.25) is 0 Å². The van der Waals surface area contributed by atoms with Gasteiger partial charge in [0.15, 0.2) is 15.5 Å². The van der Waals surface area contributed by atoms with Gasteiger partial charge in [-0.25, -0.2) is 23.2 Å². The number of fused-ring (bicyclic) bond motifs is 1. The van der Waals surface area contributed by atoms with Crippen molar-refractivity contribution in [3.8, 4) is 0 Å². The fourth-order valence-electron chi connectivity index (χ4n) is 5.25. The zero-order valence-corrected chi connectivity index (χ0v) is 25.0. The molecule has 0 radical (unpaired) electrons. The predicted octanol–water partition coefficient (Wildman–Crippen LogP) is 5.17. The second kappa shape index (κ2) is 12.3. The van der Waals surface area contributed by atoms with Crippen molar-refractivity contribution in [3.05, 3.63) is 82.2 Å². The number of carboxylic acids is 1. The molecule has 0 saturated carbocycles. The molecule has 1 aliphatic rings. The van der Waals surface area contributed by atoms with Gasteiger partial charge in [0.25, 0.3) is 0 Å². The Balaban J connectivity index is 1.53. The van der Waals surface area contributed by atoms with Crippen LogP contribution >= 0.6 is 0 Å². The Morgan fingerprint density at radius 1 is 1.12 bits per heavy atom. The number of halogens is 3. The molecule has 4 rings (SSSR count). The fraction of sp³-hybridized carbons (Fsp3) is 0.400. The number of aromatic carboxylic acids is 1. The minimum Gasteiger partial charge on any atom is -0.478 e. The summed E-state index contributed by atoms with van der Waals surface area (Å²) in [6.07, 6.45) is -3.80. The van der Waals surface area contributed by atoms with E-state index in [1.807, 2.05) is 32.0 Å². The van der Waals surface area contributed by atoms with Crippen molar-refractivity contribution in [3.63, 3.8) is 0 Å². The molecule has 1 aliphatic heterocycles. The number of anilines is 1. The maximum Gasteiger partial charge on any atom is 0.434 e. The molecule has 230 valence electrons. The molecular weight excluding hydrogens is 585 g/mol. The number of amides is 1. The number of aromatic nitrogens is 2. The summed E-state index contributed by atoms with van der Waals surface area (Å²) in [6.45, 7) is 7.74. The topological polar surface area (TPSA) is 130 Å². The van der Waals surface area contributed by atoms with Crippen LogP contribution in [0.5, 0.6) is 0 Å². The zero-order valence-electron chi connectivity index (χ0n) is 24.1. The molecule has 2 atom stereocenters. The quantitative estimate of drug-likeness (QED) is 0.336. The normalized spacial score (nSPS) is 16.1. The highest BCUT2D eigenvalue weighted by Crippen LogP contribution is 2.39. The minimum absolute atomic E-state index is 0.00395. The van der Waals surface area contributed by atoms with Gasteiger partial charge in [-0.3, -0.25) is 4.79 Å². The third-order valence-electron chi connectivity index (χ3n) is 7.63. The van der Waals surface area contributed by atoms with Crippen molar-refractivity contribution in [2.45, 2.75) is 63.7 Å². The van der Waals surface area contributed by atoms with Crippen molar-refractivity contribution in [2.75, 3.05) is 17.2 Å². The van der Waals surface area contributed by atoms with E-state index in [2.05, 4.69) is 15.3 Å². The maximum atomic E-state index is 13.6. The van der Waals surface area contributed by atoms with Crippen molar-refractivity contribution >= 4 is 27.7 Å². The lowest BCUT2D eigenvalue weighted by atomic mass is 9.84. The monoisotopic (exact) mass is 618 g/mol. The summed E-state index contributed by atoms with van der Waals surface area (Å²) in [6, 6.07) is 11.6. The Kier molecular flexibility index (Phi) is 9.14. The standard InChI is InChI=1S/C30H33F3N4O5S/c1-5-43(41,42)22-9-6-19(7-10-22)15-34-27(38)18(4)20-8-11-23-21(14-20)12-13-37(25(23)17(2)3)29-35-16-24(28(39)40)26(36-29)30(31,32)33/h6-11,14,16-18,25H,5,12-13,15H2,1-4H3,(H,34,38)(H,39,40). The van der Waals surface area contributed by atoms with E-state index in [0.717, 1.165) is 22.3 Å². The van der Waals surface area contributed by atoms with Crippen molar-refractivity contribution < 1.29 is 36.3 Å². The fourth-order valence-corrected chi connectivity index (χ4v) is 6.13. The number of hydrogen-bond acceptors (Lipinski definition) is 7. The van der Waals surface area contributed by atoms with Crippen LogP contribution in [0, 0.1) is 5.92 Å². The molecule has 0 aliphatic carbocycles. The van der Waals surface area contributed by atoms with E-state index in [0.29, 0.717) is 19.2 Å². The molecule has 1 aromatic heterocycles. The molecule has 3 aromatic rings. The number of carboxylic acid groups (broad SMARTS) is 1. The van der Waals surface area contributed by atoms with Crippen LogP contribution in [-0.4, -0.2) is 47.7 Å². The van der Waals surface area contributed by atoms with Gasteiger partial charge in [0.1, 0.15) is 5.56 Å². The van der Waals surface area contributed by atoms with Gasteiger partial charge in [0, 0.05) is 19.3 Å². The van der Waals surface area contributed by atoms with Crippen LogP contribution in [0.4, 0.5) is 19.1 Å². The molecule has 0 bridgehead atoms. The van der Waals surface area contributed by atoms with Crippen LogP contribution in [0.15, 0.2) is 53.6 Å². The SMILES string of the molecule is CCS(=O)(=O)c1ccc(CNC(=O)C(C)c2ccc3c(c2)CCN(c2ncc(C(=O)O)c(C(F)(F)F)n2)C3C(C)C)cc1. The third-order valence-corrected chi connectivity index (χ3v) is 9.38. The number of nitrogens with zero attached hydrogens (tertiary/aromatic N) is 3. The zero-order chi connectivity index (χ0) is 31.7. The molecule has 2 aromatic carbocycles. The van der Waals surface area contributed by atoms with Gasteiger partial charge < -0.3 is 15.3 Å². The molecular formula is C30H33F3N4O5S. The van der Waals surface area contributed by atoms with Gasteiger partial charge in [0.2, 0.25) is 11.9 Å². The summed E-state index contributed by atoms with van der Waals surface area (Å²) in [5, 5.41) is 12.1. The first-order valence-corrected chi connectivity index (χ1v) is 15.5. The highest BCUT2D eigenvalue weighted by Gasteiger charge is 2.40. The van der Waals surface area contributed by atoms with E-state index in [4.69, 9.17) is 0 Å². The Hall–Kier alpha value is -4.00. The summed E-state index contributed by atoms with van der Waals surface area (Å²) < 4.78 is 64.9. The average molecular weight is 619 g/mol. The van der Waals surface area contributed by atoms with E-state index in [1.165, 1.54) is 12.1 Å². The smallest absolute Gasteiger partial charge is 0.434 e. The summed E-state index contributed by atoms with van der Waals surface area (Å²) in [5.74, 6) is -2.71. The summed E-state index contributed by atoms with van der Waals surface area (Å²) in [7, 11) is -3.31. The second-order valence-corrected chi connectivity index (χ2v) is 13.1. The average Bonchev–Trinajstić information content (AvgIpc) is 2.97. The van der Waals surface area contributed by atoms with Crippen molar-refractivity contribution in [2.24, 2.45) is 5.92 Å². The molecule has 2 unspecified atom stereocenters. The first kappa shape index (κ1) is 31.9. The number of sulfone groups is 1. The van der Waals surface area contributed by atoms with Crippen LogP contribution < -0.4 is 10.2 Å². The molecule has 9 nitrogen and oxygen atoms in total. The third kappa shape index (κ3) is 6.82. The lowest BCUT2D eigenvalue weighted by Crippen LogP contribution is -2.40. The van der Waals surface area contributed by atoms with Crippen molar-refractivity contribution in [1.82, 2.24) is 15.3 Å². The van der Waals surface area contributed by atoms with Gasteiger partial charge in [0.05, 0.1) is 22.6 Å². The van der Waals surface area contributed by atoms with Crippen LogP contribution in [0.25, 0.3) is 0 Å². The van der Waals surface area contributed by atoms with Crippen LogP contribution in [-0.2, 0) is 33.8 Å². The number of rotatable bonds is 9. The Morgan fingerprint density at radius 2 is 1.79 bits per heavy atom. The highest BCUT2D eigenvalue weighted by atomic mass is 32.2. The van der Waals surface area contributed by atoms with Crippen molar-refractivity contribution in [1.29, 1.82) is 0 Å². The Bertz CT molecular complexity index is 1630. The van der Waals surface area contributed by atoms with E-state index in [-0.39, 0.29) is 41.0 Å². The molecule has 43 heavy (non-hydrogen) atoms. The largest absolute Gasteiger partial charge is 0.478 e. The summed E-state index contributed by atoms with van der Waals surface area (Å²) >= 11 is 0. The van der Waals surface area contributed by atoms with Gasteiger partial charge in [-0.1, -0.05) is 51.1 Å². The molecule has 1 amide bonds. The van der Waals surface area contributed by atoms with Gasteiger partial charge in [-0.15, -0.1) is 0 Å². The molecule has 13 heteroatoms. The molecule has 0 fully saturated rings. The molecule has 2 heterocycles. The number of benzene rings is 2.